The highest BCUT2D eigenvalue weighted by Gasteiger charge is 2.18. The zero-order valence-electron chi connectivity index (χ0n) is 9.76. The fourth-order valence-electron chi connectivity index (χ4n) is 2.24. The average Bonchev–Trinajstić information content (AvgIpc) is 2.30. The molecular formula is C13H18ClFN2. The molecule has 1 aliphatic carbocycles. The summed E-state index contributed by atoms with van der Waals surface area (Å²) >= 11 is 5.71. The van der Waals surface area contributed by atoms with E-state index in [1.807, 2.05) is 0 Å². The van der Waals surface area contributed by atoms with E-state index in [4.69, 9.17) is 17.3 Å². The molecular weight excluding hydrogens is 239 g/mol. The first kappa shape index (κ1) is 12.8. The normalized spacial score (nSPS) is 24.9. The van der Waals surface area contributed by atoms with E-state index in [9.17, 15) is 4.39 Å². The molecule has 0 bridgehead atoms. The highest BCUT2D eigenvalue weighted by atomic mass is 35.5. The molecule has 1 aromatic carbocycles. The van der Waals surface area contributed by atoms with Gasteiger partial charge in [-0.05, 0) is 37.8 Å². The van der Waals surface area contributed by atoms with E-state index in [0.717, 1.165) is 25.7 Å². The minimum absolute atomic E-state index is 0.238. The van der Waals surface area contributed by atoms with Crippen LogP contribution < -0.4 is 11.1 Å². The molecule has 0 saturated heterocycles. The average molecular weight is 257 g/mol. The molecule has 0 atom stereocenters. The number of nitrogens with two attached hydrogens (primary N) is 1. The Bertz CT molecular complexity index is 376. The Labute approximate surface area is 106 Å². The Hall–Kier alpha value is -0.640. The van der Waals surface area contributed by atoms with Crippen molar-refractivity contribution in [2.24, 2.45) is 5.73 Å². The molecule has 1 aliphatic rings. The standard InChI is InChI=1S/C13H18ClFN2/c14-10-2-1-9(13(15)7-10)8-17-12-5-3-11(16)4-6-12/h1-2,7,11-12,17H,3-6,8,16H2. The minimum Gasteiger partial charge on any atom is -0.328 e. The van der Waals surface area contributed by atoms with Crippen LogP contribution in [0.25, 0.3) is 0 Å². The summed E-state index contributed by atoms with van der Waals surface area (Å²) in [6.45, 7) is 0.558. The first-order valence-electron chi connectivity index (χ1n) is 6.08. The van der Waals surface area contributed by atoms with Gasteiger partial charge in [-0.1, -0.05) is 17.7 Å². The van der Waals surface area contributed by atoms with E-state index < -0.39 is 0 Å². The van der Waals surface area contributed by atoms with Gasteiger partial charge >= 0.3 is 0 Å². The minimum atomic E-state index is -0.238. The van der Waals surface area contributed by atoms with Crippen LogP contribution >= 0.6 is 11.6 Å². The molecule has 4 heteroatoms. The van der Waals surface area contributed by atoms with Crippen LogP contribution in [-0.4, -0.2) is 12.1 Å². The van der Waals surface area contributed by atoms with Gasteiger partial charge < -0.3 is 11.1 Å². The number of hydrogen-bond acceptors (Lipinski definition) is 2. The number of nitrogens with one attached hydrogen (secondary N) is 1. The molecule has 1 fully saturated rings. The Balaban J connectivity index is 1.85. The van der Waals surface area contributed by atoms with Crippen LogP contribution in [0.4, 0.5) is 4.39 Å². The van der Waals surface area contributed by atoms with Crippen molar-refractivity contribution in [1.82, 2.24) is 5.32 Å². The third-order valence-corrected chi connectivity index (χ3v) is 3.60. The molecule has 2 nitrogen and oxygen atoms in total. The van der Waals surface area contributed by atoms with Crippen LogP contribution in [0.2, 0.25) is 5.02 Å². The van der Waals surface area contributed by atoms with E-state index in [1.165, 1.54) is 6.07 Å². The van der Waals surface area contributed by atoms with Crippen molar-refractivity contribution in [2.75, 3.05) is 0 Å². The quantitative estimate of drug-likeness (QED) is 0.873. The predicted molar refractivity (Wildman–Crippen MR) is 68.5 cm³/mol. The Morgan fingerprint density at radius 2 is 2.00 bits per heavy atom. The number of hydrogen-bond donors (Lipinski definition) is 2. The lowest BCUT2D eigenvalue weighted by Gasteiger charge is -2.27. The summed E-state index contributed by atoms with van der Waals surface area (Å²) in [5.74, 6) is -0.238. The van der Waals surface area contributed by atoms with Crippen molar-refractivity contribution in [3.63, 3.8) is 0 Å². The van der Waals surface area contributed by atoms with E-state index in [0.29, 0.717) is 29.2 Å². The second kappa shape index (κ2) is 5.80. The molecule has 1 aromatic rings. The largest absolute Gasteiger partial charge is 0.328 e. The predicted octanol–water partition coefficient (Wildman–Crippen LogP) is 2.84. The molecule has 94 valence electrons. The Kier molecular flexibility index (Phi) is 4.37. The maximum Gasteiger partial charge on any atom is 0.129 e. The van der Waals surface area contributed by atoms with Gasteiger partial charge in [0.2, 0.25) is 0 Å². The maximum absolute atomic E-state index is 13.5. The maximum atomic E-state index is 13.5. The second-order valence-corrected chi connectivity index (χ2v) is 5.16. The Morgan fingerprint density at radius 3 is 2.65 bits per heavy atom. The van der Waals surface area contributed by atoms with Gasteiger partial charge in [-0.3, -0.25) is 0 Å². The van der Waals surface area contributed by atoms with Crippen LogP contribution in [0.5, 0.6) is 0 Å². The van der Waals surface area contributed by atoms with E-state index in [2.05, 4.69) is 5.32 Å². The molecule has 2 rings (SSSR count). The molecule has 17 heavy (non-hydrogen) atoms. The second-order valence-electron chi connectivity index (χ2n) is 4.73. The van der Waals surface area contributed by atoms with Gasteiger partial charge in [0.25, 0.3) is 0 Å². The van der Waals surface area contributed by atoms with Crippen LogP contribution in [0.1, 0.15) is 31.2 Å². The van der Waals surface area contributed by atoms with Crippen LogP contribution in [0.15, 0.2) is 18.2 Å². The molecule has 0 radical (unpaired) electrons. The third kappa shape index (κ3) is 3.66. The van der Waals surface area contributed by atoms with Gasteiger partial charge in [0.1, 0.15) is 5.82 Å². The summed E-state index contributed by atoms with van der Waals surface area (Å²) in [7, 11) is 0. The highest BCUT2D eigenvalue weighted by Crippen LogP contribution is 2.19. The summed E-state index contributed by atoms with van der Waals surface area (Å²) in [5, 5.41) is 3.82. The zero-order valence-corrected chi connectivity index (χ0v) is 10.5. The molecule has 0 heterocycles. The molecule has 0 aliphatic heterocycles. The summed E-state index contributed by atoms with van der Waals surface area (Å²) in [5.41, 5.74) is 6.51. The summed E-state index contributed by atoms with van der Waals surface area (Å²) in [6.07, 6.45) is 4.27. The molecule has 1 saturated carbocycles. The van der Waals surface area contributed by atoms with E-state index >= 15 is 0 Å². The SMILES string of the molecule is NC1CCC(NCc2ccc(Cl)cc2F)CC1. The van der Waals surface area contributed by atoms with Gasteiger partial charge in [-0.25, -0.2) is 4.39 Å². The first-order valence-corrected chi connectivity index (χ1v) is 6.46. The fourth-order valence-corrected chi connectivity index (χ4v) is 2.40. The lowest BCUT2D eigenvalue weighted by molar-refractivity contribution is 0.340. The Morgan fingerprint density at radius 1 is 1.29 bits per heavy atom. The monoisotopic (exact) mass is 256 g/mol. The highest BCUT2D eigenvalue weighted by molar-refractivity contribution is 6.30. The first-order chi connectivity index (χ1) is 8.15. The molecule has 3 N–H and O–H groups in total. The molecule has 0 unspecified atom stereocenters. The smallest absolute Gasteiger partial charge is 0.129 e. The van der Waals surface area contributed by atoms with Gasteiger partial charge in [-0.15, -0.1) is 0 Å². The van der Waals surface area contributed by atoms with Crippen LogP contribution in [0, 0.1) is 5.82 Å². The number of rotatable bonds is 3. The van der Waals surface area contributed by atoms with Crippen molar-refractivity contribution in [3.05, 3.63) is 34.6 Å². The summed E-state index contributed by atoms with van der Waals surface area (Å²) in [6, 6.07) is 5.62. The topological polar surface area (TPSA) is 38.0 Å². The van der Waals surface area contributed by atoms with Gasteiger partial charge in [-0.2, -0.15) is 0 Å². The van der Waals surface area contributed by atoms with Crippen molar-refractivity contribution in [3.8, 4) is 0 Å². The van der Waals surface area contributed by atoms with E-state index in [1.54, 1.807) is 12.1 Å². The van der Waals surface area contributed by atoms with Gasteiger partial charge in [0.15, 0.2) is 0 Å². The molecule has 0 amide bonds. The number of benzene rings is 1. The fraction of sp³-hybridized carbons (Fsp3) is 0.538. The van der Waals surface area contributed by atoms with Gasteiger partial charge in [0.05, 0.1) is 0 Å². The van der Waals surface area contributed by atoms with Crippen molar-refractivity contribution >= 4 is 11.6 Å². The van der Waals surface area contributed by atoms with Crippen molar-refractivity contribution in [2.45, 2.75) is 44.3 Å². The van der Waals surface area contributed by atoms with Crippen molar-refractivity contribution < 1.29 is 4.39 Å². The van der Waals surface area contributed by atoms with Crippen LogP contribution in [-0.2, 0) is 6.54 Å². The van der Waals surface area contributed by atoms with Crippen LogP contribution in [0.3, 0.4) is 0 Å². The number of halogens is 2. The van der Waals surface area contributed by atoms with Crippen molar-refractivity contribution in [1.29, 1.82) is 0 Å². The molecule has 0 spiro atoms. The summed E-state index contributed by atoms with van der Waals surface area (Å²) in [4.78, 5) is 0. The molecule has 0 aromatic heterocycles. The lowest BCUT2D eigenvalue weighted by atomic mass is 9.92. The summed E-state index contributed by atoms with van der Waals surface area (Å²) < 4.78 is 13.5. The lowest BCUT2D eigenvalue weighted by Crippen LogP contribution is -2.37. The van der Waals surface area contributed by atoms with E-state index in [-0.39, 0.29) is 5.82 Å². The third-order valence-electron chi connectivity index (χ3n) is 3.37. The van der Waals surface area contributed by atoms with Gasteiger partial charge in [0, 0.05) is 29.2 Å². The zero-order chi connectivity index (χ0) is 12.3.